The van der Waals surface area contributed by atoms with Crippen molar-refractivity contribution in [3.63, 3.8) is 0 Å². The fourth-order valence-electron chi connectivity index (χ4n) is 2.32. The summed E-state index contributed by atoms with van der Waals surface area (Å²) in [5.74, 6) is 0.844. The molecule has 2 rings (SSSR count). The Bertz CT molecular complexity index is 557. The molecule has 0 saturated carbocycles. The van der Waals surface area contributed by atoms with Crippen LogP contribution in [0.3, 0.4) is 0 Å². The Labute approximate surface area is 140 Å². The van der Waals surface area contributed by atoms with Gasteiger partial charge in [0.2, 0.25) is 0 Å². The van der Waals surface area contributed by atoms with E-state index in [4.69, 9.17) is 4.74 Å². The molecule has 0 aliphatic rings. The van der Waals surface area contributed by atoms with Crippen LogP contribution in [0, 0.1) is 3.57 Å². The molecule has 1 aromatic carbocycles. The maximum absolute atomic E-state index is 5.46. The van der Waals surface area contributed by atoms with Gasteiger partial charge in [-0.3, -0.25) is 4.98 Å². The summed E-state index contributed by atoms with van der Waals surface area (Å²) in [6.45, 7) is 3.17. The topological polar surface area (TPSA) is 34.2 Å². The summed E-state index contributed by atoms with van der Waals surface area (Å²) in [5.41, 5.74) is 2.49. The minimum atomic E-state index is 0.239. The van der Waals surface area contributed by atoms with Crippen molar-refractivity contribution in [2.45, 2.75) is 25.8 Å². The average Bonchev–Trinajstić information content (AvgIpc) is 2.53. The van der Waals surface area contributed by atoms with Crippen molar-refractivity contribution in [2.24, 2.45) is 0 Å². The van der Waals surface area contributed by atoms with E-state index in [9.17, 15) is 0 Å². The molecule has 0 fully saturated rings. The molecule has 1 N–H and O–H groups in total. The molecule has 0 aliphatic carbocycles. The number of hydrogen-bond donors (Lipinski definition) is 1. The first-order valence-electron chi connectivity index (χ1n) is 7.20. The van der Waals surface area contributed by atoms with E-state index in [1.807, 2.05) is 12.3 Å². The molecule has 1 aromatic heterocycles. The van der Waals surface area contributed by atoms with Crippen LogP contribution in [0.5, 0.6) is 5.75 Å². The number of ether oxygens (including phenoxy) is 1. The second-order valence-corrected chi connectivity index (χ2v) is 6.20. The van der Waals surface area contributed by atoms with E-state index in [1.54, 1.807) is 13.3 Å². The van der Waals surface area contributed by atoms with Gasteiger partial charge >= 0.3 is 0 Å². The zero-order valence-electron chi connectivity index (χ0n) is 12.5. The van der Waals surface area contributed by atoms with Gasteiger partial charge in [0, 0.05) is 21.4 Å². The molecule has 0 saturated heterocycles. The molecule has 4 heteroatoms. The Morgan fingerprint density at radius 2 is 2.00 bits per heavy atom. The molecule has 0 radical (unpaired) electrons. The lowest BCUT2D eigenvalue weighted by Gasteiger charge is -2.21. The SMILES string of the molecule is CCCNC(Cc1ccc(I)cc1)c1ccncc1OC. The van der Waals surface area contributed by atoms with Crippen molar-refractivity contribution in [3.05, 3.63) is 57.4 Å². The third-order valence-electron chi connectivity index (χ3n) is 3.41. The number of nitrogens with one attached hydrogen (secondary N) is 1. The molecule has 112 valence electrons. The van der Waals surface area contributed by atoms with Crippen LogP contribution in [-0.2, 0) is 6.42 Å². The largest absolute Gasteiger partial charge is 0.495 e. The third-order valence-corrected chi connectivity index (χ3v) is 4.12. The lowest BCUT2D eigenvalue weighted by molar-refractivity contribution is 0.396. The second-order valence-electron chi connectivity index (χ2n) is 4.95. The second kappa shape index (κ2) is 8.34. The van der Waals surface area contributed by atoms with E-state index in [-0.39, 0.29) is 6.04 Å². The van der Waals surface area contributed by atoms with Crippen molar-refractivity contribution < 1.29 is 4.74 Å². The highest BCUT2D eigenvalue weighted by molar-refractivity contribution is 14.1. The maximum atomic E-state index is 5.46. The van der Waals surface area contributed by atoms with Gasteiger partial charge < -0.3 is 10.1 Å². The smallest absolute Gasteiger partial charge is 0.141 e. The van der Waals surface area contributed by atoms with E-state index in [0.717, 1.165) is 25.1 Å². The highest BCUT2D eigenvalue weighted by atomic mass is 127. The zero-order chi connectivity index (χ0) is 15.1. The highest BCUT2D eigenvalue weighted by Gasteiger charge is 2.16. The molecule has 2 aromatic rings. The number of methoxy groups -OCH3 is 1. The van der Waals surface area contributed by atoms with Gasteiger partial charge in [-0.2, -0.15) is 0 Å². The number of hydrogen-bond acceptors (Lipinski definition) is 3. The monoisotopic (exact) mass is 396 g/mol. The standard InChI is InChI=1S/C17H21IN2O/c1-3-9-20-16(11-13-4-6-14(18)7-5-13)15-8-10-19-12-17(15)21-2/h4-8,10,12,16,20H,3,9,11H2,1-2H3. The number of rotatable bonds is 7. The van der Waals surface area contributed by atoms with Crippen LogP contribution in [0.4, 0.5) is 0 Å². The van der Waals surface area contributed by atoms with Gasteiger partial charge in [-0.05, 0) is 65.7 Å². The van der Waals surface area contributed by atoms with Gasteiger partial charge in [-0.15, -0.1) is 0 Å². The van der Waals surface area contributed by atoms with Crippen LogP contribution in [0.2, 0.25) is 0 Å². The predicted molar refractivity (Wildman–Crippen MR) is 94.7 cm³/mol. The number of benzene rings is 1. The van der Waals surface area contributed by atoms with Gasteiger partial charge in [0.05, 0.1) is 13.3 Å². The number of nitrogens with zero attached hydrogens (tertiary/aromatic N) is 1. The van der Waals surface area contributed by atoms with Crippen LogP contribution >= 0.6 is 22.6 Å². The summed E-state index contributed by atoms with van der Waals surface area (Å²) < 4.78 is 6.72. The van der Waals surface area contributed by atoms with Gasteiger partial charge in [-0.25, -0.2) is 0 Å². The minimum absolute atomic E-state index is 0.239. The molecular formula is C17H21IN2O. The van der Waals surface area contributed by atoms with E-state index >= 15 is 0 Å². The Hall–Kier alpha value is -1.14. The quantitative estimate of drug-likeness (QED) is 0.719. The van der Waals surface area contributed by atoms with Gasteiger partial charge in [-0.1, -0.05) is 19.1 Å². The molecule has 0 spiro atoms. The summed E-state index contributed by atoms with van der Waals surface area (Å²) in [6, 6.07) is 11.0. The molecule has 1 heterocycles. The van der Waals surface area contributed by atoms with E-state index in [0.29, 0.717) is 0 Å². The first kappa shape index (κ1) is 16.2. The number of halogens is 1. The van der Waals surface area contributed by atoms with E-state index < -0.39 is 0 Å². The summed E-state index contributed by atoms with van der Waals surface area (Å²) in [4.78, 5) is 4.14. The van der Waals surface area contributed by atoms with Crippen LogP contribution < -0.4 is 10.1 Å². The fraction of sp³-hybridized carbons (Fsp3) is 0.353. The van der Waals surface area contributed by atoms with Crippen LogP contribution in [0.15, 0.2) is 42.7 Å². The van der Waals surface area contributed by atoms with E-state index in [1.165, 1.54) is 14.7 Å². The molecular weight excluding hydrogens is 375 g/mol. The van der Waals surface area contributed by atoms with Crippen molar-refractivity contribution in [2.75, 3.05) is 13.7 Å². The average molecular weight is 396 g/mol. The number of aromatic nitrogens is 1. The van der Waals surface area contributed by atoms with Crippen LogP contribution in [0.1, 0.15) is 30.5 Å². The van der Waals surface area contributed by atoms with Gasteiger partial charge in [0.25, 0.3) is 0 Å². The maximum Gasteiger partial charge on any atom is 0.141 e. The van der Waals surface area contributed by atoms with Crippen molar-refractivity contribution in [3.8, 4) is 5.75 Å². The summed E-state index contributed by atoms with van der Waals surface area (Å²) in [7, 11) is 1.70. The first-order chi connectivity index (χ1) is 10.2. The molecule has 3 nitrogen and oxygen atoms in total. The van der Waals surface area contributed by atoms with Crippen molar-refractivity contribution >= 4 is 22.6 Å². The Morgan fingerprint density at radius 3 is 2.67 bits per heavy atom. The van der Waals surface area contributed by atoms with E-state index in [2.05, 4.69) is 64.1 Å². The highest BCUT2D eigenvalue weighted by Crippen LogP contribution is 2.26. The van der Waals surface area contributed by atoms with Gasteiger partial charge in [0.15, 0.2) is 0 Å². The predicted octanol–water partition coefficient (Wildman–Crippen LogP) is 3.98. The summed E-state index contributed by atoms with van der Waals surface area (Å²) >= 11 is 2.33. The minimum Gasteiger partial charge on any atom is -0.495 e. The van der Waals surface area contributed by atoms with Gasteiger partial charge in [0.1, 0.15) is 5.75 Å². The van der Waals surface area contributed by atoms with Crippen molar-refractivity contribution in [1.82, 2.24) is 10.3 Å². The van der Waals surface area contributed by atoms with Crippen LogP contribution in [-0.4, -0.2) is 18.6 Å². The molecule has 1 atom stereocenters. The Balaban J connectivity index is 2.23. The zero-order valence-corrected chi connectivity index (χ0v) is 14.6. The molecule has 21 heavy (non-hydrogen) atoms. The molecule has 0 aliphatic heterocycles. The molecule has 1 unspecified atom stereocenters. The first-order valence-corrected chi connectivity index (χ1v) is 8.28. The third kappa shape index (κ3) is 4.68. The summed E-state index contributed by atoms with van der Waals surface area (Å²) in [5, 5.41) is 3.61. The molecule has 0 amide bonds. The van der Waals surface area contributed by atoms with Crippen molar-refractivity contribution in [1.29, 1.82) is 0 Å². The molecule has 0 bridgehead atoms. The fourth-order valence-corrected chi connectivity index (χ4v) is 2.68. The number of pyridine rings is 1. The summed E-state index contributed by atoms with van der Waals surface area (Å²) in [6.07, 6.45) is 5.66. The lowest BCUT2D eigenvalue weighted by atomic mass is 9.99. The van der Waals surface area contributed by atoms with Crippen LogP contribution in [0.25, 0.3) is 0 Å². The lowest BCUT2D eigenvalue weighted by Crippen LogP contribution is -2.24. The Morgan fingerprint density at radius 1 is 1.24 bits per heavy atom. The normalized spacial score (nSPS) is 12.1. The Kier molecular flexibility index (Phi) is 6.45.